The van der Waals surface area contributed by atoms with E-state index in [1.54, 1.807) is 38.1 Å². The lowest BCUT2D eigenvalue weighted by Gasteiger charge is -2.24. The molecule has 0 aromatic heterocycles. The van der Waals surface area contributed by atoms with Gasteiger partial charge in [-0.1, -0.05) is 44.2 Å². The van der Waals surface area contributed by atoms with Crippen molar-refractivity contribution in [2.45, 2.75) is 58.5 Å². The van der Waals surface area contributed by atoms with Crippen LogP contribution in [0.1, 0.15) is 52.9 Å². The van der Waals surface area contributed by atoms with E-state index >= 15 is 0 Å². The van der Waals surface area contributed by atoms with Crippen molar-refractivity contribution in [3.8, 4) is 5.75 Å². The highest BCUT2D eigenvalue weighted by atomic mass is 35.5. The Morgan fingerprint density at radius 2 is 1.71 bits per heavy atom. The number of esters is 1. The van der Waals surface area contributed by atoms with E-state index in [2.05, 4.69) is 6.92 Å². The Morgan fingerprint density at radius 1 is 1.10 bits per heavy atom. The van der Waals surface area contributed by atoms with Crippen LogP contribution in [-0.2, 0) is 9.53 Å². The lowest BCUT2D eigenvalue weighted by Crippen LogP contribution is -2.39. The molecule has 1 aromatic rings. The molecule has 0 spiro atoms. The molecule has 0 aliphatic carbocycles. The molecule has 0 unspecified atom stereocenters. The summed E-state index contributed by atoms with van der Waals surface area (Å²) in [6.45, 7) is 6.05. The summed E-state index contributed by atoms with van der Waals surface area (Å²) in [6.07, 6.45) is 5.64. The monoisotopic (exact) mass is 312 g/mol. The average Bonchev–Trinajstić information content (AvgIpc) is 2.44. The number of hydrogen-bond acceptors (Lipinski definition) is 3. The number of halogens is 1. The molecule has 3 nitrogen and oxygen atoms in total. The Kier molecular flexibility index (Phi) is 7.58. The molecular weight excluding hydrogens is 288 g/mol. The van der Waals surface area contributed by atoms with E-state index in [1.807, 2.05) is 0 Å². The maximum atomic E-state index is 12.1. The maximum Gasteiger partial charge on any atom is 0.349 e. The number of ether oxygens (including phenoxy) is 2. The van der Waals surface area contributed by atoms with E-state index < -0.39 is 5.60 Å². The summed E-state index contributed by atoms with van der Waals surface area (Å²) in [6, 6.07) is 6.93. The van der Waals surface area contributed by atoms with Gasteiger partial charge >= 0.3 is 5.97 Å². The highest BCUT2D eigenvalue weighted by molar-refractivity contribution is 6.30. The molecule has 0 fully saturated rings. The van der Waals surface area contributed by atoms with Gasteiger partial charge in [0.1, 0.15) is 5.75 Å². The molecule has 0 bridgehead atoms. The lowest BCUT2D eigenvalue weighted by molar-refractivity contribution is -0.159. The summed E-state index contributed by atoms with van der Waals surface area (Å²) >= 11 is 5.82. The molecule has 0 atom stereocenters. The van der Waals surface area contributed by atoms with E-state index in [4.69, 9.17) is 21.1 Å². The van der Waals surface area contributed by atoms with Gasteiger partial charge < -0.3 is 9.47 Å². The number of carbonyl (C=O) groups excluding carboxylic acids is 1. The molecule has 0 radical (unpaired) electrons. The fourth-order valence-corrected chi connectivity index (χ4v) is 2.01. The molecular formula is C17H25ClO3. The van der Waals surface area contributed by atoms with Crippen LogP contribution in [0.15, 0.2) is 24.3 Å². The van der Waals surface area contributed by atoms with Crippen LogP contribution in [0.2, 0.25) is 5.02 Å². The fraction of sp³-hybridized carbons (Fsp3) is 0.588. The smallest absolute Gasteiger partial charge is 0.349 e. The van der Waals surface area contributed by atoms with Gasteiger partial charge in [-0.25, -0.2) is 4.79 Å². The fourth-order valence-electron chi connectivity index (χ4n) is 1.88. The first-order chi connectivity index (χ1) is 9.95. The summed E-state index contributed by atoms with van der Waals surface area (Å²) in [5.74, 6) is 0.261. The lowest BCUT2D eigenvalue weighted by atomic mass is 10.1. The predicted molar refractivity (Wildman–Crippen MR) is 85.9 cm³/mol. The van der Waals surface area contributed by atoms with Crippen LogP contribution in [0.4, 0.5) is 0 Å². The summed E-state index contributed by atoms with van der Waals surface area (Å²) in [4.78, 5) is 12.1. The molecule has 4 heteroatoms. The van der Waals surface area contributed by atoms with Gasteiger partial charge in [0, 0.05) is 5.02 Å². The van der Waals surface area contributed by atoms with Crippen LogP contribution in [0, 0.1) is 0 Å². The molecule has 1 rings (SSSR count). The first-order valence-electron chi connectivity index (χ1n) is 7.57. The predicted octanol–water partition coefficient (Wildman–Crippen LogP) is 5.01. The molecule has 0 aliphatic heterocycles. The van der Waals surface area contributed by atoms with Crippen molar-refractivity contribution >= 4 is 17.6 Å². The van der Waals surface area contributed by atoms with Crippen molar-refractivity contribution in [3.63, 3.8) is 0 Å². The van der Waals surface area contributed by atoms with Crippen LogP contribution < -0.4 is 4.74 Å². The highest BCUT2D eigenvalue weighted by Crippen LogP contribution is 2.21. The highest BCUT2D eigenvalue weighted by Gasteiger charge is 2.31. The molecule has 1 aromatic carbocycles. The molecule has 21 heavy (non-hydrogen) atoms. The zero-order chi connectivity index (χ0) is 15.7. The second kappa shape index (κ2) is 8.93. The average molecular weight is 313 g/mol. The Labute approximate surface area is 132 Å². The summed E-state index contributed by atoms with van der Waals surface area (Å²) < 4.78 is 11.0. The number of unbranched alkanes of at least 4 members (excludes halogenated alkanes) is 4. The second-order valence-corrected chi connectivity index (χ2v) is 6.05. The van der Waals surface area contributed by atoms with Gasteiger partial charge in [0.25, 0.3) is 0 Å². The van der Waals surface area contributed by atoms with Gasteiger partial charge in [0.2, 0.25) is 0 Å². The van der Waals surface area contributed by atoms with Gasteiger partial charge in [0.15, 0.2) is 5.60 Å². The maximum absolute atomic E-state index is 12.1. The molecule has 0 saturated heterocycles. The van der Waals surface area contributed by atoms with Crippen LogP contribution in [0.3, 0.4) is 0 Å². The molecule has 0 N–H and O–H groups in total. The van der Waals surface area contributed by atoms with Gasteiger partial charge in [-0.15, -0.1) is 0 Å². The van der Waals surface area contributed by atoms with Crippen molar-refractivity contribution in [1.82, 2.24) is 0 Å². The topological polar surface area (TPSA) is 35.5 Å². The number of carbonyl (C=O) groups is 1. The van der Waals surface area contributed by atoms with E-state index in [0.717, 1.165) is 12.8 Å². The van der Waals surface area contributed by atoms with Crippen LogP contribution in [0.5, 0.6) is 5.75 Å². The van der Waals surface area contributed by atoms with Crippen molar-refractivity contribution < 1.29 is 14.3 Å². The van der Waals surface area contributed by atoms with Gasteiger partial charge in [-0.05, 0) is 44.5 Å². The summed E-state index contributed by atoms with van der Waals surface area (Å²) in [7, 11) is 0. The minimum Gasteiger partial charge on any atom is -0.476 e. The van der Waals surface area contributed by atoms with Gasteiger partial charge in [-0.3, -0.25) is 0 Å². The number of rotatable bonds is 9. The van der Waals surface area contributed by atoms with Crippen LogP contribution in [-0.4, -0.2) is 18.2 Å². The quantitative estimate of drug-likeness (QED) is 0.475. The standard InChI is InChI=1S/C17H25ClO3/c1-4-5-6-7-8-13-20-16(19)17(2,3)21-15-11-9-14(18)10-12-15/h9-12H,4-8,13H2,1-3H3. The number of hydrogen-bond donors (Lipinski definition) is 0. The zero-order valence-electron chi connectivity index (χ0n) is 13.2. The zero-order valence-corrected chi connectivity index (χ0v) is 13.9. The third-order valence-electron chi connectivity index (χ3n) is 3.16. The normalized spacial score (nSPS) is 11.2. The van der Waals surface area contributed by atoms with E-state index in [1.165, 1.54) is 19.3 Å². The van der Waals surface area contributed by atoms with Crippen molar-refractivity contribution in [2.75, 3.05) is 6.61 Å². The second-order valence-electron chi connectivity index (χ2n) is 5.62. The van der Waals surface area contributed by atoms with E-state index in [0.29, 0.717) is 17.4 Å². The molecule has 118 valence electrons. The first-order valence-corrected chi connectivity index (χ1v) is 7.95. The van der Waals surface area contributed by atoms with Crippen molar-refractivity contribution in [2.24, 2.45) is 0 Å². The Bertz CT molecular complexity index is 426. The van der Waals surface area contributed by atoms with Gasteiger partial charge in [0.05, 0.1) is 6.61 Å². The summed E-state index contributed by atoms with van der Waals surface area (Å²) in [5, 5.41) is 0.634. The third-order valence-corrected chi connectivity index (χ3v) is 3.41. The van der Waals surface area contributed by atoms with E-state index in [9.17, 15) is 4.79 Å². The Morgan fingerprint density at radius 3 is 2.33 bits per heavy atom. The van der Waals surface area contributed by atoms with E-state index in [-0.39, 0.29) is 5.97 Å². The van der Waals surface area contributed by atoms with Crippen LogP contribution in [0.25, 0.3) is 0 Å². The molecule has 0 aliphatic rings. The van der Waals surface area contributed by atoms with Gasteiger partial charge in [-0.2, -0.15) is 0 Å². The van der Waals surface area contributed by atoms with Crippen molar-refractivity contribution in [3.05, 3.63) is 29.3 Å². The Balaban J connectivity index is 2.35. The SMILES string of the molecule is CCCCCCCOC(=O)C(C)(C)Oc1ccc(Cl)cc1. The van der Waals surface area contributed by atoms with Crippen LogP contribution >= 0.6 is 11.6 Å². The molecule has 0 saturated carbocycles. The minimum absolute atomic E-state index is 0.340. The largest absolute Gasteiger partial charge is 0.476 e. The Hall–Kier alpha value is -1.22. The molecule has 0 heterocycles. The third kappa shape index (κ3) is 6.85. The minimum atomic E-state index is -1.00. The van der Waals surface area contributed by atoms with Crippen molar-refractivity contribution in [1.29, 1.82) is 0 Å². The number of benzene rings is 1. The molecule has 0 amide bonds. The first kappa shape index (κ1) is 17.8. The summed E-state index contributed by atoms with van der Waals surface area (Å²) in [5.41, 5.74) is -1.00.